The van der Waals surface area contributed by atoms with Crippen LogP contribution in [0.15, 0.2) is 24.3 Å². The molecule has 1 saturated carbocycles. The molecule has 2 amide bonds. The van der Waals surface area contributed by atoms with Crippen LogP contribution in [0, 0.1) is 0 Å². The first-order chi connectivity index (χ1) is 12.9. The molecule has 3 N–H and O–H groups in total. The number of amides is 2. The Balaban J connectivity index is 1.68. The number of esters is 1. The minimum atomic E-state index is -0.831. The Morgan fingerprint density at radius 1 is 1.30 bits per heavy atom. The van der Waals surface area contributed by atoms with Gasteiger partial charge >= 0.3 is 18.0 Å². The predicted molar refractivity (Wildman–Crippen MR) is 99.7 cm³/mol. The van der Waals surface area contributed by atoms with Gasteiger partial charge in [0.25, 0.3) is 0 Å². The first-order valence-corrected chi connectivity index (χ1v) is 9.10. The average molecular weight is 377 g/mol. The molecule has 27 heavy (non-hydrogen) atoms. The van der Waals surface area contributed by atoms with E-state index < -0.39 is 5.97 Å². The predicted octanol–water partition coefficient (Wildman–Crippen LogP) is 1.25. The Labute approximate surface area is 158 Å². The Morgan fingerprint density at radius 3 is 2.67 bits per heavy atom. The molecule has 8 nitrogen and oxygen atoms in total. The molecule has 0 atom stereocenters. The first-order valence-electron chi connectivity index (χ1n) is 9.10. The number of urea groups is 1. The van der Waals surface area contributed by atoms with Crippen LogP contribution in [0.5, 0.6) is 0 Å². The topological polar surface area (TPSA) is 108 Å². The number of hydrogen-bond donors (Lipinski definition) is 3. The number of carbonyl (C=O) groups is 3. The number of hydrogen-bond acceptors (Lipinski definition) is 5. The monoisotopic (exact) mass is 377 g/mol. The number of nitrogens with zero attached hydrogens (tertiary/aromatic N) is 1. The highest BCUT2D eigenvalue weighted by Gasteiger charge is 2.34. The molecule has 148 valence electrons. The summed E-state index contributed by atoms with van der Waals surface area (Å²) in [4.78, 5) is 36.2. The molecule has 1 aliphatic carbocycles. The fourth-order valence-electron chi connectivity index (χ4n) is 3.21. The molecule has 1 aliphatic rings. The molecule has 0 heterocycles. The van der Waals surface area contributed by atoms with Crippen LogP contribution >= 0.6 is 0 Å². The maximum Gasteiger partial charge on any atom is 0.337 e. The number of carboxylic acid groups (broad SMARTS) is 1. The SMILES string of the molecule is CCN(CC(=O)O)C1CC(NC(=O)NCCc2cccc(C(=O)OC)c2)C1. The zero-order chi connectivity index (χ0) is 19.8. The van der Waals surface area contributed by atoms with Crippen LogP contribution in [0.2, 0.25) is 0 Å². The van der Waals surface area contributed by atoms with Crippen LogP contribution in [0.3, 0.4) is 0 Å². The van der Waals surface area contributed by atoms with Crippen molar-refractivity contribution < 1.29 is 24.2 Å². The Kier molecular flexibility index (Phi) is 7.60. The van der Waals surface area contributed by atoms with Gasteiger partial charge in [0.05, 0.1) is 19.2 Å². The van der Waals surface area contributed by atoms with Crippen LogP contribution in [-0.2, 0) is 16.0 Å². The molecule has 0 unspecified atom stereocenters. The van der Waals surface area contributed by atoms with Crippen LogP contribution < -0.4 is 10.6 Å². The van der Waals surface area contributed by atoms with E-state index in [-0.39, 0.29) is 30.6 Å². The molecule has 8 heteroatoms. The Bertz CT molecular complexity index is 673. The zero-order valence-electron chi connectivity index (χ0n) is 15.7. The summed E-state index contributed by atoms with van der Waals surface area (Å²) in [5, 5.41) is 14.6. The minimum Gasteiger partial charge on any atom is -0.480 e. The number of carboxylic acids is 1. The van der Waals surface area contributed by atoms with Crippen molar-refractivity contribution in [2.75, 3.05) is 26.7 Å². The van der Waals surface area contributed by atoms with Gasteiger partial charge in [-0.3, -0.25) is 9.69 Å². The van der Waals surface area contributed by atoms with Gasteiger partial charge in [0, 0.05) is 18.6 Å². The van der Waals surface area contributed by atoms with Gasteiger partial charge in [0.15, 0.2) is 0 Å². The molecular formula is C19H27N3O5. The van der Waals surface area contributed by atoms with Crippen LogP contribution in [0.1, 0.15) is 35.7 Å². The van der Waals surface area contributed by atoms with Gasteiger partial charge in [-0.2, -0.15) is 0 Å². The van der Waals surface area contributed by atoms with Gasteiger partial charge in [0.2, 0.25) is 0 Å². The van der Waals surface area contributed by atoms with Crippen LogP contribution in [0.25, 0.3) is 0 Å². The van der Waals surface area contributed by atoms with Crippen molar-refractivity contribution in [2.45, 2.75) is 38.3 Å². The lowest BCUT2D eigenvalue weighted by molar-refractivity contribution is -0.139. The lowest BCUT2D eigenvalue weighted by Gasteiger charge is -2.42. The summed E-state index contributed by atoms with van der Waals surface area (Å²) in [6, 6.07) is 7.16. The van der Waals surface area contributed by atoms with Crippen LogP contribution in [-0.4, -0.2) is 66.8 Å². The first kappa shape index (κ1) is 20.7. The average Bonchev–Trinajstić information content (AvgIpc) is 2.62. The van der Waals surface area contributed by atoms with E-state index in [1.807, 2.05) is 17.9 Å². The zero-order valence-corrected chi connectivity index (χ0v) is 15.7. The van der Waals surface area contributed by atoms with Crippen molar-refractivity contribution in [1.82, 2.24) is 15.5 Å². The van der Waals surface area contributed by atoms with Gasteiger partial charge < -0.3 is 20.5 Å². The number of aliphatic carboxylic acids is 1. The Morgan fingerprint density at radius 2 is 2.04 bits per heavy atom. The molecule has 0 bridgehead atoms. The smallest absolute Gasteiger partial charge is 0.337 e. The van der Waals surface area contributed by atoms with Gasteiger partial charge in [-0.15, -0.1) is 0 Å². The van der Waals surface area contributed by atoms with E-state index in [1.165, 1.54) is 7.11 Å². The number of benzene rings is 1. The molecule has 1 aromatic carbocycles. The standard InChI is InChI=1S/C19H27N3O5/c1-3-22(12-17(23)24)16-10-15(11-16)21-19(26)20-8-7-13-5-4-6-14(9-13)18(25)27-2/h4-6,9,15-16H,3,7-8,10-12H2,1-2H3,(H,23,24)(H2,20,21,26). The highest BCUT2D eigenvalue weighted by Crippen LogP contribution is 2.25. The fraction of sp³-hybridized carbons (Fsp3) is 0.526. The van der Waals surface area contributed by atoms with Crippen LogP contribution in [0.4, 0.5) is 4.79 Å². The lowest BCUT2D eigenvalue weighted by atomic mass is 9.85. The fourth-order valence-corrected chi connectivity index (χ4v) is 3.21. The number of nitrogens with one attached hydrogen (secondary N) is 2. The number of methoxy groups -OCH3 is 1. The summed E-state index contributed by atoms with van der Waals surface area (Å²) in [5.74, 6) is -1.21. The maximum absolute atomic E-state index is 12.0. The minimum absolute atomic E-state index is 0.0325. The number of ether oxygens (including phenoxy) is 1. The summed E-state index contributed by atoms with van der Waals surface area (Å²) < 4.78 is 4.70. The van der Waals surface area contributed by atoms with E-state index in [0.717, 1.165) is 18.4 Å². The van der Waals surface area contributed by atoms with Gasteiger partial charge in [-0.05, 0) is 43.5 Å². The van der Waals surface area contributed by atoms with Crippen molar-refractivity contribution in [3.8, 4) is 0 Å². The molecule has 0 radical (unpaired) electrons. The summed E-state index contributed by atoms with van der Waals surface area (Å²) in [7, 11) is 1.34. The number of likely N-dealkylation sites (N-methyl/N-ethyl adjacent to an activating group) is 1. The quantitative estimate of drug-likeness (QED) is 0.559. The third kappa shape index (κ3) is 6.25. The van der Waals surface area contributed by atoms with E-state index in [0.29, 0.717) is 25.1 Å². The highest BCUT2D eigenvalue weighted by atomic mass is 16.5. The maximum atomic E-state index is 12.0. The van der Waals surface area contributed by atoms with Crippen molar-refractivity contribution >= 4 is 18.0 Å². The number of carbonyl (C=O) groups excluding carboxylic acids is 2. The van der Waals surface area contributed by atoms with E-state index in [9.17, 15) is 14.4 Å². The largest absolute Gasteiger partial charge is 0.480 e. The third-order valence-corrected chi connectivity index (χ3v) is 4.76. The molecule has 1 fully saturated rings. The van der Waals surface area contributed by atoms with E-state index in [2.05, 4.69) is 10.6 Å². The third-order valence-electron chi connectivity index (χ3n) is 4.76. The molecule has 0 spiro atoms. The molecule has 0 aromatic heterocycles. The summed E-state index contributed by atoms with van der Waals surface area (Å²) in [6.45, 7) is 3.10. The number of rotatable bonds is 9. The molecular weight excluding hydrogens is 350 g/mol. The second-order valence-electron chi connectivity index (χ2n) is 6.62. The highest BCUT2D eigenvalue weighted by molar-refractivity contribution is 5.89. The van der Waals surface area contributed by atoms with E-state index >= 15 is 0 Å². The summed E-state index contributed by atoms with van der Waals surface area (Å²) in [6.07, 6.45) is 2.12. The van der Waals surface area contributed by atoms with E-state index in [4.69, 9.17) is 9.84 Å². The summed E-state index contributed by atoms with van der Waals surface area (Å²) in [5.41, 5.74) is 1.43. The van der Waals surface area contributed by atoms with Crippen molar-refractivity contribution in [1.29, 1.82) is 0 Å². The lowest BCUT2D eigenvalue weighted by Crippen LogP contribution is -2.56. The summed E-state index contributed by atoms with van der Waals surface area (Å²) >= 11 is 0. The van der Waals surface area contributed by atoms with Gasteiger partial charge in [-0.1, -0.05) is 19.1 Å². The van der Waals surface area contributed by atoms with Gasteiger partial charge in [-0.25, -0.2) is 9.59 Å². The van der Waals surface area contributed by atoms with Gasteiger partial charge in [0.1, 0.15) is 0 Å². The van der Waals surface area contributed by atoms with Crippen molar-refractivity contribution in [2.24, 2.45) is 0 Å². The molecule has 0 aliphatic heterocycles. The second-order valence-corrected chi connectivity index (χ2v) is 6.62. The second kappa shape index (κ2) is 9.91. The normalized spacial score (nSPS) is 18.5. The van der Waals surface area contributed by atoms with Crippen molar-refractivity contribution in [3.63, 3.8) is 0 Å². The molecule has 2 rings (SSSR count). The van der Waals surface area contributed by atoms with E-state index in [1.54, 1.807) is 18.2 Å². The Hall–Kier alpha value is -2.61. The molecule has 1 aromatic rings. The van der Waals surface area contributed by atoms with Crippen molar-refractivity contribution in [3.05, 3.63) is 35.4 Å². The molecule has 0 saturated heterocycles.